The minimum absolute atomic E-state index is 0. The molecule has 0 rings (SSSR count). The molecule has 0 aromatic carbocycles. The molecule has 0 aliphatic carbocycles. The van der Waals surface area contributed by atoms with Crippen LogP contribution >= 0.6 is 15.6 Å². The third kappa shape index (κ3) is 328. The third-order valence-electron chi connectivity index (χ3n) is 0. The standard InChI is InChI=1S/ClH2.K.2H3O4P/c;;2*1-5(2,3)4/h1H2;;2*(H3,1,2,3,4)/q2*+1;;/p-2. The van der Waals surface area contributed by atoms with Gasteiger partial charge in [0, 0.05) is 0 Å². The van der Waals surface area contributed by atoms with Gasteiger partial charge in [0.05, 0.1) is 12.4 Å². The number of halogens is 1. The van der Waals surface area contributed by atoms with Gasteiger partial charge in [0.2, 0.25) is 0 Å². The molecular weight excluding hydrogens is 264 g/mol. The van der Waals surface area contributed by atoms with E-state index in [4.69, 9.17) is 38.5 Å². The largest absolute Gasteiger partial charge is 1.00 e. The minimum Gasteiger partial charge on any atom is -0.756 e. The van der Waals surface area contributed by atoms with E-state index in [1.165, 1.54) is 0 Å². The summed E-state index contributed by atoms with van der Waals surface area (Å²) < 4.78 is 17.5. The molecule has 0 heterocycles. The summed E-state index contributed by atoms with van der Waals surface area (Å²) in [5.74, 6) is 0. The molecule has 0 aliphatic heterocycles. The van der Waals surface area contributed by atoms with Crippen molar-refractivity contribution in [3.63, 3.8) is 0 Å². The normalized spacial score (nSPS) is 9.83. The minimum atomic E-state index is -4.89. The van der Waals surface area contributed by atoms with Crippen LogP contribution in [0.1, 0.15) is 0 Å². The van der Waals surface area contributed by atoms with Gasteiger partial charge in [0.1, 0.15) is 0 Å². The van der Waals surface area contributed by atoms with Gasteiger partial charge >= 0.3 is 51.4 Å². The molecule has 0 saturated carbocycles. The fourth-order valence-corrected chi connectivity index (χ4v) is 0. The molecule has 0 unspecified atom stereocenters. The average Bonchev–Trinajstić information content (AvgIpc) is 1.12. The molecule has 0 saturated heterocycles. The SMILES string of the molecule is O=P([O-])(O)O.O=P([O-])(O)O.[ClH2+].[K+]. The Kier molecular flexibility index (Phi) is 19.2. The first kappa shape index (κ1) is 23.7. The van der Waals surface area contributed by atoms with Crippen molar-refractivity contribution in [1.29, 1.82) is 0 Å². The molecule has 0 bridgehead atoms. The molecule has 12 heavy (non-hydrogen) atoms. The van der Waals surface area contributed by atoms with Crippen LogP contribution in [0.25, 0.3) is 0 Å². The zero-order valence-electron chi connectivity index (χ0n) is 5.76. The molecule has 12 heteroatoms. The Morgan fingerprint density at radius 3 is 0.833 bits per heavy atom. The Morgan fingerprint density at radius 2 is 0.833 bits per heavy atom. The second kappa shape index (κ2) is 9.69. The van der Waals surface area contributed by atoms with Gasteiger partial charge in [-0.05, 0) is 0 Å². The molecule has 0 radical (unpaired) electrons. The van der Waals surface area contributed by atoms with Crippen LogP contribution in [-0.4, -0.2) is 19.6 Å². The van der Waals surface area contributed by atoms with E-state index in [0.717, 1.165) is 0 Å². The summed E-state index contributed by atoms with van der Waals surface area (Å²) in [6, 6.07) is 0. The summed E-state index contributed by atoms with van der Waals surface area (Å²) in [5, 5.41) is 0. The first-order chi connectivity index (χ1) is 4.00. The van der Waals surface area contributed by atoms with Gasteiger partial charge in [0.15, 0.2) is 0 Å². The van der Waals surface area contributed by atoms with E-state index in [9.17, 15) is 0 Å². The van der Waals surface area contributed by atoms with Gasteiger partial charge in [-0.1, -0.05) is 0 Å². The number of rotatable bonds is 0. The van der Waals surface area contributed by atoms with Gasteiger partial charge in [-0.15, -0.1) is 0 Å². The fourth-order valence-electron chi connectivity index (χ4n) is 0. The summed E-state index contributed by atoms with van der Waals surface area (Å²) >= 11 is 0. The van der Waals surface area contributed by atoms with Crippen LogP contribution in [0.2, 0.25) is 0 Å². The number of hydrogen-bond acceptors (Lipinski definition) is 4. The van der Waals surface area contributed by atoms with Gasteiger partial charge in [0.25, 0.3) is 15.6 Å². The Labute approximate surface area is 116 Å². The van der Waals surface area contributed by atoms with Gasteiger partial charge in [-0.2, -0.15) is 0 Å². The van der Waals surface area contributed by atoms with E-state index in [1.807, 2.05) is 0 Å². The van der Waals surface area contributed by atoms with Crippen molar-refractivity contribution in [3.05, 3.63) is 0 Å². The third-order valence-corrected chi connectivity index (χ3v) is 0. The van der Waals surface area contributed by atoms with Crippen molar-refractivity contribution < 1.29 is 102 Å². The Morgan fingerprint density at radius 1 is 0.833 bits per heavy atom. The van der Waals surface area contributed by atoms with Crippen molar-refractivity contribution in [3.8, 4) is 0 Å². The maximum absolute atomic E-state index is 8.77. The summed E-state index contributed by atoms with van der Waals surface area (Å²) in [7, 11) is -9.78. The van der Waals surface area contributed by atoms with Crippen molar-refractivity contribution >= 4 is 15.6 Å². The molecule has 0 fully saturated rings. The van der Waals surface area contributed by atoms with Crippen molar-refractivity contribution in [2.75, 3.05) is 0 Å². The molecule has 0 amide bonds. The van der Waals surface area contributed by atoms with E-state index in [1.54, 1.807) is 0 Å². The van der Waals surface area contributed by atoms with Crippen molar-refractivity contribution in [2.45, 2.75) is 0 Å². The van der Waals surface area contributed by atoms with Crippen LogP contribution in [0, 0.1) is 12.4 Å². The van der Waals surface area contributed by atoms with E-state index in [2.05, 4.69) is 0 Å². The quantitative estimate of drug-likeness (QED) is 0.249. The molecule has 72 valence electrons. The van der Waals surface area contributed by atoms with Crippen LogP contribution in [0.3, 0.4) is 0 Å². The number of phosphoric acid groups is 2. The summed E-state index contributed by atoms with van der Waals surface area (Å²) in [4.78, 5) is 45.8. The van der Waals surface area contributed by atoms with E-state index >= 15 is 0 Å². The predicted molar refractivity (Wildman–Crippen MR) is 26.9 cm³/mol. The molecule has 0 atom stereocenters. The topological polar surface area (TPSA) is 161 Å². The van der Waals surface area contributed by atoms with Crippen LogP contribution < -0.4 is 61.2 Å². The first-order valence-electron chi connectivity index (χ1n) is 1.53. The van der Waals surface area contributed by atoms with Crippen molar-refractivity contribution in [2.24, 2.45) is 0 Å². The molecule has 4 N–H and O–H groups in total. The summed E-state index contributed by atoms with van der Waals surface area (Å²) in [6.07, 6.45) is 0. The number of hydrogen-bond donors (Lipinski definition) is 4. The second-order valence-corrected chi connectivity index (χ2v) is 2.94. The van der Waals surface area contributed by atoms with Crippen LogP contribution in [-0.2, 0) is 9.13 Å². The van der Waals surface area contributed by atoms with E-state index in [-0.39, 0.29) is 63.8 Å². The molecule has 0 aromatic rings. The molecule has 0 spiro atoms. The second-order valence-electron chi connectivity index (χ2n) is 0.981. The summed E-state index contributed by atoms with van der Waals surface area (Å²) in [5.41, 5.74) is 0. The molecular formula is H6ClKO8P2. The monoisotopic (exact) mass is 270 g/mol. The van der Waals surface area contributed by atoms with Gasteiger partial charge in [-0.25, -0.2) is 0 Å². The molecule has 8 nitrogen and oxygen atoms in total. The molecule has 0 aromatic heterocycles. The van der Waals surface area contributed by atoms with Gasteiger partial charge < -0.3 is 29.4 Å². The zero-order chi connectivity index (χ0) is 9.00. The molecule has 0 aliphatic rings. The maximum atomic E-state index is 8.77. The maximum Gasteiger partial charge on any atom is 1.00 e. The smallest absolute Gasteiger partial charge is 0.756 e. The van der Waals surface area contributed by atoms with Crippen LogP contribution in [0.15, 0.2) is 0 Å². The van der Waals surface area contributed by atoms with Gasteiger partial charge in [-0.3, -0.25) is 9.13 Å². The fraction of sp³-hybridized carbons (Fsp3) is 0. The van der Waals surface area contributed by atoms with E-state index < -0.39 is 15.6 Å². The Hall–Kier alpha value is 2.15. The zero-order valence-corrected chi connectivity index (χ0v) is 11.6. The summed E-state index contributed by atoms with van der Waals surface area (Å²) in [6.45, 7) is 0. The Bertz CT molecular complexity index is 129. The predicted octanol–water partition coefficient (Wildman–Crippen LogP) is -6.65. The Balaban J connectivity index is -0.0000000457. The van der Waals surface area contributed by atoms with Crippen LogP contribution in [0.4, 0.5) is 0 Å². The first-order valence-corrected chi connectivity index (χ1v) is 4.59. The van der Waals surface area contributed by atoms with Crippen LogP contribution in [0.5, 0.6) is 0 Å². The van der Waals surface area contributed by atoms with Crippen molar-refractivity contribution in [1.82, 2.24) is 0 Å². The van der Waals surface area contributed by atoms with E-state index in [0.29, 0.717) is 0 Å². The average molecular weight is 271 g/mol.